The number of fused-ring (bicyclic) bond motifs is 1. The predicted octanol–water partition coefficient (Wildman–Crippen LogP) is 4.01. The van der Waals surface area contributed by atoms with E-state index in [1.807, 2.05) is 20.8 Å². The summed E-state index contributed by atoms with van der Waals surface area (Å²) in [6, 6.07) is 4.25. The van der Waals surface area contributed by atoms with E-state index in [1.54, 1.807) is 4.68 Å². The van der Waals surface area contributed by atoms with E-state index in [-0.39, 0.29) is 5.91 Å². The summed E-state index contributed by atoms with van der Waals surface area (Å²) in [6.45, 7) is 13.5. The first-order chi connectivity index (χ1) is 12.4. The van der Waals surface area contributed by atoms with Gasteiger partial charge in [0.2, 0.25) is 5.95 Å². The summed E-state index contributed by atoms with van der Waals surface area (Å²) in [6.07, 6.45) is 0.927. The van der Waals surface area contributed by atoms with Crippen LogP contribution in [0, 0.1) is 20.8 Å². The molecule has 2 heterocycles. The van der Waals surface area contributed by atoms with Gasteiger partial charge in [0.15, 0.2) is 0 Å². The maximum atomic E-state index is 13.0. The van der Waals surface area contributed by atoms with Gasteiger partial charge < -0.3 is 4.57 Å². The highest BCUT2D eigenvalue weighted by Gasteiger charge is 2.21. The van der Waals surface area contributed by atoms with Crippen molar-refractivity contribution in [3.8, 4) is 0 Å². The predicted molar refractivity (Wildman–Crippen MR) is 105 cm³/mol. The molecule has 0 saturated carbocycles. The number of benzene rings is 1. The number of hydrogen-bond donors (Lipinski definition) is 1. The number of nitrogens with one attached hydrogen (secondary N) is 1. The normalized spacial score (nSPS) is 11.3. The van der Waals surface area contributed by atoms with Crippen molar-refractivity contribution >= 4 is 22.9 Å². The van der Waals surface area contributed by atoms with E-state index in [0.29, 0.717) is 18.2 Å². The molecule has 0 fully saturated rings. The minimum Gasteiger partial charge on any atom is -0.310 e. The van der Waals surface area contributed by atoms with E-state index in [4.69, 9.17) is 4.98 Å². The Hall–Kier alpha value is -2.63. The molecule has 0 aliphatic rings. The third-order valence-corrected chi connectivity index (χ3v) is 5.04. The van der Waals surface area contributed by atoms with Crippen LogP contribution in [0.15, 0.2) is 12.1 Å². The zero-order valence-electron chi connectivity index (χ0n) is 16.5. The van der Waals surface area contributed by atoms with Crippen molar-refractivity contribution in [3.05, 3.63) is 40.2 Å². The van der Waals surface area contributed by atoms with Crippen LogP contribution < -0.4 is 5.32 Å². The summed E-state index contributed by atoms with van der Waals surface area (Å²) >= 11 is 0. The molecule has 6 nitrogen and oxygen atoms in total. The largest absolute Gasteiger partial charge is 0.310 e. The number of carbonyl (C=O) groups excluding carboxylic acids is 1. The highest BCUT2D eigenvalue weighted by Crippen LogP contribution is 2.27. The minimum absolute atomic E-state index is 0.161. The zero-order chi connectivity index (χ0) is 19.0. The lowest BCUT2D eigenvalue weighted by atomic mass is 10.1. The fraction of sp³-hybridized carbons (Fsp3) is 0.450. The lowest BCUT2D eigenvalue weighted by molar-refractivity contribution is 0.101. The van der Waals surface area contributed by atoms with Gasteiger partial charge in [0, 0.05) is 18.7 Å². The summed E-state index contributed by atoms with van der Waals surface area (Å²) in [7, 11) is 0. The van der Waals surface area contributed by atoms with Crippen LogP contribution in [-0.4, -0.2) is 25.2 Å². The van der Waals surface area contributed by atoms with Gasteiger partial charge in [-0.25, -0.2) is 4.98 Å². The van der Waals surface area contributed by atoms with E-state index in [0.717, 1.165) is 40.8 Å². The number of aryl methyl sites for hydroxylation is 5. The molecule has 1 amide bonds. The molecule has 26 heavy (non-hydrogen) atoms. The van der Waals surface area contributed by atoms with Gasteiger partial charge >= 0.3 is 0 Å². The molecule has 3 rings (SSSR count). The van der Waals surface area contributed by atoms with Crippen molar-refractivity contribution in [3.63, 3.8) is 0 Å². The molecule has 6 heteroatoms. The van der Waals surface area contributed by atoms with E-state index >= 15 is 0 Å². The number of imidazole rings is 1. The van der Waals surface area contributed by atoms with Crippen molar-refractivity contribution in [2.24, 2.45) is 0 Å². The number of aromatic nitrogens is 4. The quantitative estimate of drug-likeness (QED) is 0.754. The zero-order valence-corrected chi connectivity index (χ0v) is 16.5. The monoisotopic (exact) mass is 353 g/mol. The van der Waals surface area contributed by atoms with Crippen LogP contribution in [0.5, 0.6) is 0 Å². The van der Waals surface area contributed by atoms with E-state index in [2.05, 4.69) is 47.9 Å². The summed E-state index contributed by atoms with van der Waals surface area (Å²) in [4.78, 5) is 17.7. The van der Waals surface area contributed by atoms with Gasteiger partial charge in [-0.15, -0.1) is 0 Å². The van der Waals surface area contributed by atoms with Crippen LogP contribution in [-0.2, 0) is 19.5 Å². The number of anilines is 1. The Bertz CT molecular complexity index is 980. The highest BCUT2D eigenvalue weighted by molar-refractivity contribution is 6.04. The fourth-order valence-electron chi connectivity index (χ4n) is 3.47. The van der Waals surface area contributed by atoms with E-state index in [1.165, 1.54) is 5.56 Å². The molecule has 0 aliphatic carbocycles. The minimum atomic E-state index is -0.161. The van der Waals surface area contributed by atoms with Gasteiger partial charge in [-0.3, -0.25) is 14.8 Å². The Morgan fingerprint density at radius 2 is 1.85 bits per heavy atom. The number of carbonyl (C=O) groups is 1. The molecule has 0 spiro atoms. The van der Waals surface area contributed by atoms with Crippen LogP contribution in [0.3, 0.4) is 0 Å². The topological polar surface area (TPSA) is 64.7 Å². The number of amides is 1. The van der Waals surface area contributed by atoms with Crippen molar-refractivity contribution < 1.29 is 4.79 Å². The number of hydrogen-bond acceptors (Lipinski definition) is 3. The molecule has 138 valence electrons. The Morgan fingerprint density at radius 3 is 2.46 bits per heavy atom. The van der Waals surface area contributed by atoms with Crippen molar-refractivity contribution in [2.45, 2.75) is 61.1 Å². The molecule has 0 saturated heterocycles. The standard InChI is InChI=1S/C20H27N5O/c1-7-15-11-10-12(4)16-18(15)24(8-2)20(21-16)22-19(26)17-13(5)14(6)23-25(17)9-3/h10-11H,7-9H2,1-6H3,(H,21,22,26). The Labute approximate surface area is 154 Å². The first kappa shape index (κ1) is 18.2. The number of nitrogens with zero attached hydrogens (tertiary/aromatic N) is 4. The van der Waals surface area contributed by atoms with Crippen molar-refractivity contribution in [1.82, 2.24) is 19.3 Å². The van der Waals surface area contributed by atoms with Gasteiger partial charge in [-0.1, -0.05) is 19.1 Å². The van der Waals surface area contributed by atoms with Gasteiger partial charge in [0.05, 0.1) is 16.7 Å². The lowest BCUT2D eigenvalue weighted by Crippen LogP contribution is -2.20. The Balaban J connectivity index is 2.10. The van der Waals surface area contributed by atoms with Crippen molar-refractivity contribution in [2.75, 3.05) is 5.32 Å². The second kappa shape index (κ2) is 6.94. The third-order valence-electron chi connectivity index (χ3n) is 5.04. The molecule has 0 aliphatic heterocycles. The summed E-state index contributed by atoms with van der Waals surface area (Å²) in [5.41, 5.74) is 6.82. The average molecular weight is 353 g/mol. The Morgan fingerprint density at radius 1 is 1.12 bits per heavy atom. The van der Waals surface area contributed by atoms with Crippen LogP contribution in [0.2, 0.25) is 0 Å². The van der Waals surface area contributed by atoms with E-state index < -0.39 is 0 Å². The van der Waals surface area contributed by atoms with Crippen molar-refractivity contribution in [1.29, 1.82) is 0 Å². The van der Waals surface area contributed by atoms with Gasteiger partial charge in [-0.2, -0.15) is 5.10 Å². The molecule has 3 aromatic rings. The number of rotatable bonds is 5. The molecule has 0 bridgehead atoms. The molecule has 1 N–H and O–H groups in total. The molecular formula is C20H27N5O. The SMILES string of the molecule is CCc1ccc(C)c2nc(NC(=O)c3c(C)c(C)nn3CC)n(CC)c12. The molecule has 0 unspecified atom stereocenters. The summed E-state index contributed by atoms with van der Waals surface area (Å²) in [5, 5.41) is 7.47. The molecule has 0 radical (unpaired) electrons. The van der Waals surface area contributed by atoms with Crippen LogP contribution in [0.4, 0.5) is 5.95 Å². The Kier molecular flexibility index (Phi) is 4.85. The summed E-state index contributed by atoms with van der Waals surface area (Å²) in [5.74, 6) is 0.433. The molecule has 1 aromatic carbocycles. The molecule has 0 atom stereocenters. The first-order valence-corrected chi connectivity index (χ1v) is 9.26. The summed E-state index contributed by atoms with van der Waals surface area (Å²) < 4.78 is 3.84. The molecule has 2 aromatic heterocycles. The fourth-order valence-corrected chi connectivity index (χ4v) is 3.47. The molecular weight excluding hydrogens is 326 g/mol. The highest BCUT2D eigenvalue weighted by atomic mass is 16.2. The third kappa shape index (κ3) is 2.79. The van der Waals surface area contributed by atoms with Gasteiger partial charge in [0.1, 0.15) is 5.69 Å². The van der Waals surface area contributed by atoms with Crippen LogP contribution in [0.25, 0.3) is 11.0 Å². The van der Waals surface area contributed by atoms with Crippen LogP contribution in [0.1, 0.15) is 53.6 Å². The maximum Gasteiger partial charge on any atom is 0.276 e. The smallest absolute Gasteiger partial charge is 0.276 e. The maximum absolute atomic E-state index is 13.0. The lowest BCUT2D eigenvalue weighted by Gasteiger charge is -2.11. The first-order valence-electron chi connectivity index (χ1n) is 9.26. The average Bonchev–Trinajstić information content (AvgIpc) is 3.13. The van der Waals surface area contributed by atoms with Crippen LogP contribution >= 0.6 is 0 Å². The second-order valence-electron chi connectivity index (χ2n) is 6.60. The second-order valence-corrected chi connectivity index (χ2v) is 6.60. The van der Waals surface area contributed by atoms with Gasteiger partial charge in [-0.05, 0) is 52.2 Å². The van der Waals surface area contributed by atoms with E-state index in [9.17, 15) is 4.79 Å². The van der Waals surface area contributed by atoms with Gasteiger partial charge in [0.25, 0.3) is 5.91 Å².